The number of ether oxygens (including phenoxy) is 1. The summed E-state index contributed by atoms with van der Waals surface area (Å²) in [5, 5.41) is 10.9. The molecule has 1 saturated heterocycles. The molecule has 0 bridgehead atoms. The number of carbonyl (C=O) groups is 1. The van der Waals surface area contributed by atoms with E-state index in [0.717, 1.165) is 0 Å². The van der Waals surface area contributed by atoms with Crippen LogP contribution in [0.25, 0.3) is 0 Å². The van der Waals surface area contributed by atoms with Gasteiger partial charge < -0.3 is 14.7 Å². The van der Waals surface area contributed by atoms with Gasteiger partial charge in [-0.05, 0) is 32.0 Å². The number of rotatable bonds is 2. The fourth-order valence-corrected chi connectivity index (χ4v) is 2.89. The van der Waals surface area contributed by atoms with Crippen molar-refractivity contribution >= 4 is 33.4 Å². The van der Waals surface area contributed by atoms with E-state index in [0.29, 0.717) is 23.4 Å². The zero-order valence-corrected chi connectivity index (χ0v) is 13.7. The van der Waals surface area contributed by atoms with E-state index < -0.39 is 5.60 Å². The average Bonchev–Trinajstić information content (AvgIpc) is 2.38. The fraction of sp³-hybridized carbons (Fsp3) is 0.500. The summed E-state index contributed by atoms with van der Waals surface area (Å²) in [5.41, 5.74) is -0.191. The van der Waals surface area contributed by atoms with Crippen molar-refractivity contribution in [2.45, 2.75) is 25.6 Å². The zero-order valence-electron chi connectivity index (χ0n) is 11.4. The van der Waals surface area contributed by atoms with Gasteiger partial charge in [-0.1, -0.05) is 27.5 Å². The molecular weight excluding hydrogens is 346 g/mol. The first-order valence-electron chi connectivity index (χ1n) is 6.34. The number of nitrogens with zero attached hydrogens (tertiary/aromatic N) is 1. The third-order valence-corrected chi connectivity index (χ3v) is 4.09. The minimum Gasteiger partial charge on any atom is -0.507 e. The molecule has 0 spiro atoms. The minimum absolute atomic E-state index is 0.0564. The van der Waals surface area contributed by atoms with Crippen molar-refractivity contribution < 1.29 is 14.6 Å². The first-order chi connectivity index (χ1) is 9.32. The highest BCUT2D eigenvalue weighted by Crippen LogP contribution is 2.27. The van der Waals surface area contributed by atoms with Crippen molar-refractivity contribution in [1.82, 2.24) is 4.90 Å². The van der Waals surface area contributed by atoms with E-state index in [1.54, 1.807) is 11.0 Å². The first kappa shape index (κ1) is 15.6. The van der Waals surface area contributed by atoms with Crippen LogP contribution in [0.5, 0.6) is 5.75 Å². The molecule has 1 unspecified atom stereocenters. The predicted octanol–water partition coefficient (Wildman–Crippen LogP) is 3.06. The summed E-state index contributed by atoms with van der Waals surface area (Å²) in [6, 6.07) is 4.48. The van der Waals surface area contributed by atoms with E-state index in [9.17, 15) is 9.90 Å². The molecule has 1 aliphatic heterocycles. The van der Waals surface area contributed by atoms with Gasteiger partial charge in [0.2, 0.25) is 0 Å². The Morgan fingerprint density at radius 2 is 2.30 bits per heavy atom. The molecule has 6 heteroatoms. The van der Waals surface area contributed by atoms with Crippen LogP contribution < -0.4 is 0 Å². The second kappa shape index (κ2) is 5.92. The minimum atomic E-state index is -0.416. The van der Waals surface area contributed by atoms with Gasteiger partial charge in [0.1, 0.15) is 5.75 Å². The number of hydrogen-bond acceptors (Lipinski definition) is 3. The van der Waals surface area contributed by atoms with Gasteiger partial charge in [0.15, 0.2) is 0 Å². The zero-order chi connectivity index (χ0) is 14.9. The molecule has 1 fully saturated rings. The molecule has 0 saturated carbocycles. The molecule has 0 aromatic heterocycles. The summed E-state index contributed by atoms with van der Waals surface area (Å²) in [6.45, 7) is 4.85. The molecule has 0 aliphatic carbocycles. The van der Waals surface area contributed by atoms with Crippen molar-refractivity contribution in [1.29, 1.82) is 0 Å². The Bertz CT molecular complexity index is 521. The van der Waals surface area contributed by atoms with Crippen LogP contribution >= 0.6 is 27.5 Å². The predicted molar refractivity (Wildman–Crippen MR) is 81.8 cm³/mol. The van der Waals surface area contributed by atoms with E-state index >= 15 is 0 Å². The molecule has 1 aromatic carbocycles. The SMILES string of the molecule is CC1(C)CN(C(=O)c2cc(Cl)ccc2O)CC(CBr)O1. The van der Waals surface area contributed by atoms with Crippen molar-refractivity contribution in [2.75, 3.05) is 18.4 Å². The maximum Gasteiger partial charge on any atom is 0.257 e. The summed E-state index contributed by atoms with van der Waals surface area (Å²) in [4.78, 5) is 14.3. The Kier molecular flexibility index (Phi) is 4.62. The lowest BCUT2D eigenvalue weighted by Gasteiger charge is -2.42. The number of alkyl halides is 1. The molecule has 4 nitrogen and oxygen atoms in total. The number of phenols is 1. The third-order valence-electron chi connectivity index (χ3n) is 3.13. The summed E-state index contributed by atoms with van der Waals surface area (Å²) >= 11 is 9.29. The van der Waals surface area contributed by atoms with Crippen molar-refractivity contribution in [3.63, 3.8) is 0 Å². The lowest BCUT2D eigenvalue weighted by Crippen LogP contribution is -2.55. The lowest BCUT2D eigenvalue weighted by molar-refractivity contribution is -0.116. The van der Waals surface area contributed by atoms with E-state index in [-0.39, 0.29) is 23.3 Å². The summed E-state index contributed by atoms with van der Waals surface area (Å²) in [7, 11) is 0. The van der Waals surface area contributed by atoms with Crippen LogP contribution in [0.1, 0.15) is 24.2 Å². The molecule has 1 amide bonds. The standard InChI is InChI=1S/C14H17BrClNO3/c1-14(2)8-17(7-10(6-15)20-14)13(19)11-5-9(16)3-4-12(11)18/h3-5,10,18H,6-8H2,1-2H3. The van der Waals surface area contributed by atoms with Gasteiger partial charge in [0.25, 0.3) is 5.91 Å². The van der Waals surface area contributed by atoms with Crippen molar-refractivity contribution in [3.8, 4) is 5.75 Å². The number of aromatic hydroxyl groups is 1. The van der Waals surface area contributed by atoms with Gasteiger partial charge in [-0.3, -0.25) is 4.79 Å². The molecule has 0 radical (unpaired) electrons. The second-order valence-corrected chi connectivity index (χ2v) is 6.58. The molecule has 1 aromatic rings. The van der Waals surface area contributed by atoms with Gasteiger partial charge in [0.05, 0.1) is 17.3 Å². The number of hydrogen-bond donors (Lipinski definition) is 1. The van der Waals surface area contributed by atoms with Crippen LogP contribution in [0.2, 0.25) is 5.02 Å². The number of morpholine rings is 1. The molecule has 1 atom stereocenters. The van der Waals surface area contributed by atoms with Gasteiger partial charge in [-0.2, -0.15) is 0 Å². The van der Waals surface area contributed by atoms with Crippen LogP contribution in [0, 0.1) is 0 Å². The van der Waals surface area contributed by atoms with Gasteiger partial charge in [-0.15, -0.1) is 0 Å². The Morgan fingerprint density at radius 3 is 2.95 bits per heavy atom. The molecule has 20 heavy (non-hydrogen) atoms. The number of amides is 1. The average molecular weight is 363 g/mol. The lowest BCUT2D eigenvalue weighted by atomic mass is 10.0. The van der Waals surface area contributed by atoms with Crippen molar-refractivity contribution in [2.24, 2.45) is 0 Å². The Morgan fingerprint density at radius 1 is 1.60 bits per heavy atom. The highest BCUT2D eigenvalue weighted by atomic mass is 79.9. The van der Waals surface area contributed by atoms with Gasteiger partial charge in [-0.25, -0.2) is 0 Å². The fourth-order valence-electron chi connectivity index (χ4n) is 2.38. The quantitative estimate of drug-likeness (QED) is 0.823. The van der Waals surface area contributed by atoms with Crippen LogP contribution in [0.15, 0.2) is 18.2 Å². The van der Waals surface area contributed by atoms with Crippen LogP contribution in [0.3, 0.4) is 0 Å². The van der Waals surface area contributed by atoms with Crippen molar-refractivity contribution in [3.05, 3.63) is 28.8 Å². The largest absolute Gasteiger partial charge is 0.507 e. The highest BCUT2D eigenvalue weighted by Gasteiger charge is 2.36. The van der Waals surface area contributed by atoms with E-state index in [2.05, 4.69) is 15.9 Å². The molecular formula is C14H17BrClNO3. The number of phenolic OH excluding ortho intramolecular Hbond substituents is 1. The molecule has 1 heterocycles. The van der Waals surface area contributed by atoms with Crippen LogP contribution in [-0.2, 0) is 4.74 Å². The summed E-state index contributed by atoms with van der Waals surface area (Å²) in [5.74, 6) is -0.286. The van der Waals surface area contributed by atoms with E-state index in [4.69, 9.17) is 16.3 Å². The molecule has 2 rings (SSSR count). The number of halogens is 2. The maximum atomic E-state index is 12.6. The summed E-state index contributed by atoms with van der Waals surface area (Å²) in [6.07, 6.45) is -0.0657. The number of carbonyl (C=O) groups excluding carboxylic acids is 1. The maximum absolute atomic E-state index is 12.6. The smallest absolute Gasteiger partial charge is 0.257 e. The normalized spacial score (nSPS) is 21.8. The Labute approximate surface area is 131 Å². The van der Waals surface area contributed by atoms with Gasteiger partial charge >= 0.3 is 0 Å². The molecule has 110 valence electrons. The Hall–Kier alpha value is -0.780. The molecule has 1 aliphatic rings. The Balaban J connectivity index is 2.25. The topological polar surface area (TPSA) is 49.8 Å². The first-order valence-corrected chi connectivity index (χ1v) is 7.84. The second-order valence-electron chi connectivity index (χ2n) is 5.50. The third kappa shape index (κ3) is 3.45. The molecule has 1 N–H and O–H groups in total. The number of benzene rings is 1. The van der Waals surface area contributed by atoms with E-state index in [1.807, 2.05) is 13.8 Å². The van der Waals surface area contributed by atoms with Gasteiger partial charge in [0, 0.05) is 23.4 Å². The van der Waals surface area contributed by atoms with E-state index in [1.165, 1.54) is 12.1 Å². The summed E-state index contributed by atoms with van der Waals surface area (Å²) < 4.78 is 5.86. The van der Waals surface area contributed by atoms with Crippen LogP contribution in [0.4, 0.5) is 0 Å². The monoisotopic (exact) mass is 361 g/mol. The highest BCUT2D eigenvalue weighted by molar-refractivity contribution is 9.09. The van der Waals surface area contributed by atoms with Crippen LogP contribution in [-0.4, -0.2) is 46.0 Å².